The van der Waals surface area contributed by atoms with Crippen LogP contribution in [-0.2, 0) is 15.8 Å². The second-order valence-electron chi connectivity index (χ2n) is 8.32. The van der Waals surface area contributed by atoms with Gasteiger partial charge in [0.05, 0.1) is 19.3 Å². The second kappa shape index (κ2) is 13.5. The average Bonchev–Trinajstić information content (AvgIpc) is 3.02. The van der Waals surface area contributed by atoms with E-state index in [1.165, 1.54) is 7.11 Å². The van der Waals surface area contributed by atoms with Crippen LogP contribution in [-0.4, -0.2) is 63.7 Å². The van der Waals surface area contributed by atoms with Crippen molar-refractivity contribution in [3.63, 3.8) is 0 Å². The molecular weight excluding hydrogens is 417 g/mol. The predicted octanol–water partition coefficient (Wildman–Crippen LogP) is 3.13. The summed E-state index contributed by atoms with van der Waals surface area (Å²) in [7, 11) is -2.40. The van der Waals surface area contributed by atoms with Gasteiger partial charge in [0.15, 0.2) is 0 Å². The Bertz CT molecular complexity index is 701. The predicted molar refractivity (Wildman–Crippen MR) is 121 cm³/mol. The number of rotatable bonds is 14. The molecule has 0 bridgehead atoms. The van der Waals surface area contributed by atoms with Crippen LogP contribution < -0.4 is 0 Å². The molecule has 5 atom stereocenters. The molecule has 1 aromatic carbocycles. The maximum absolute atomic E-state index is 13.0. The van der Waals surface area contributed by atoms with Crippen LogP contribution >= 0.6 is 7.52 Å². The molecule has 2 rings (SSSR count). The molecule has 1 fully saturated rings. The number of nitrogens with zero attached hydrogens (tertiary/aromatic N) is 1. The van der Waals surface area contributed by atoms with E-state index in [-0.39, 0.29) is 37.6 Å². The fraction of sp³-hybridized carbons (Fsp3) is 0.652. The molecule has 0 spiro atoms. The van der Waals surface area contributed by atoms with Gasteiger partial charge in [-0.2, -0.15) is 0 Å². The smallest absolute Gasteiger partial charge is 0.292 e. The summed E-state index contributed by atoms with van der Waals surface area (Å²) in [5.74, 6) is -0.554. The van der Waals surface area contributed by atoms with Crippen molar-refractivity contribution >= 4 is 7.52 Å². The first-order valence-electron chi connectivity index (χ1n) is 11.2. The molecule has 1 aliphatic rings. The Hall–Kier alpha value is -1.05. The zero-order valence-electron chi connectivity index (χ0n) is 18.4. The standard InChI is InChI=1S/C23H38NO6P/c1-30-24(31(28,29)16-14-19-11-7-6-8-12-19)18-21-20(22(26)17-23(21)27)13-9-4-2-3-5-10-15-25/h4,6-9,11-12,20-23,25-27H,2-3,5,10,13-18H2,1H3,(H,28,29)/t20?,21-,22+,23-/m1/s1. The van der Waals surface area contributed by atoms with E-state index in [1.54, 1.807) is 0 Å². The third-order valence-corrected chi connectivity index (χ3v) is 7.92. The molecule has 0 aliphatic heterocycles. The van der Waals surface area contributed by atoms with Crippen molar-refractivity contribution in [1.29, 1.82) is 0 Å². The minimum Gasteiger partial charge on any atom is -0.396 e. The van der Waals surface area contributed by atoms with E-state index in [4.69, 9.17) is 9.94 Å². The number of hydrogen-bond acceptors (Lipinski definition) is 5. The Morgan fingerprint density at radius 1 is 1.10 bits per heavy atom. The Kier molecular flexibility index (Phi) is 11.4. The number of unbranched alkanes of at least 4 members (excludes halogenated alkanes) is 3. The number of benzene rings is 1. The van der Waals surface area contributed by atoms with Crippen LogP contribution in [0.2, 0.25) is 0 Å². The SMILES string of the molecule is CON(C[C@@H]1C(CC=CCCCCCO)[C@@H](O)C[C@H]1O)P(=O)(O)CCc1ccccc1. The highest BCUT2D eigenvalue weighted by Crippen LogP contribution is 2.48. The van der Waals surface area contributed by atoms with Crippen LogP contribution in [0.4, 0.5) is 0 Å². The molecule has 0 saturated heterocycles. The largest absolute Gasteiger partial charge is 0.396 e. The van der Waals surface area contributed by atoms with E-state index in [2.05, 4.69) is 6.08 Å². The summed E-state index contributed by atoms with van der Waals surface area (Å²) in [6.45, 7) is 0.305. The first kappa shape index (κ1) is 26.2. The minimum absolute atomic E-state index is 0.0502. The van der Waals surface area contributed by atoms with Crippen LogP contribution in [0.25, 0.3) is 0 Å². The molecule has 31 heavy (non-hydrogen) atoms. The summed E-state index contributed by atoms with van der Waals surface area (Å²) >= 11 is 0. The van der Waals surface area contributed by atoms with Crippen LogP contribution in [0.3, 0.4) is 0 Å². The number of hydrogen-bond donors (Lipinski definition) is 4. The van der Waals surface area contributed by atoms with Gasteiger partial charge in [-0.3, -0.25) is 9.40 Å². The normalized spacial score (nSPS) is 26.0. The Morgan fingerprint density at radius 3 is 2.48 bits per heavy atom. The van der Waals surface area contributed by atoms with Gasteiger partial charge in [0.1, 0.15) is 0 Å². The van der Waals surface area contributed by atoms with E-state index in [0.29, 0.717) is 12.8 Å². The van der Waals surface area contributed by atoms with Crippen molar-refractivity contribution in [2.45, 2.75) is 57.2 Å². The molecule has 0 aromatic heterocycles. The lowest BCUT2D eigenvalue weighted by atomic mass is 9.90. The Labute approximate surface area is 185 Å². The molecule has 7 nitrogen and oxygen atoms in total. The molecule has 176 valence electrons. The quantitative estimate of drug-likeness (QED) is 0.148. The summed E-state index contributed by atoms with van der Waals surface area (Å²) in [5.41, 5.74) is 0.978. The van der Waals surface area contributed by atoms with E-state index in [9.17, 15) is 19.7 Å². The minimum atomic E-state index is -3.76. The van der Waals surface area contributed by atoms with E-state index < -0.39 is 19.7 Å². The Balaban J connectivity index is 1.93. The van der Waals surface area contributed by atoms with Crippen LogP contribution in [0.15, 0.2) is 42.5 Å². The van der Waals surface area contributed by atoms with Crippen LogP contribution in [0.1, 0.15) is 44.1 Å². The molecule has 8 heteroatoms. The Morgan fingerprint density at radius 2 is 1.81 bits per heavy atom. The number of aliphatic hydroxyl groups excluding tert-OH is 3. The third-order valence-electron chi connectivity index (χ3n) is 6.09. The van der Waals surface area contributed by atoms with Gasteiger partial charge in [0.2, 0.25) is 0 Å². The molecule has 0 radical (unpaired) electrons. The molecule has 0 amide bonds. The van der Waals surface area contributed by atoms with Gasteiger partial charge in [0, 0.05) is 25.2 Å². The fourth-order valence-electron chi connectivity index (χ4n) is 4.22. The summed E-state index contributed by atoms with van der Waals surface area (Å²) in [5, 5.41) is 29.7. The van der Waals surface area contributed by atoms with Crippen molar-refractivity contribution in [2.24, 2.45) is 11.8 Å². The van der Waals surface area contributed by atoms with Gasteiger partial charge in [-0.1, -0.05) is 48.9 Å². The zero-order valence-corrected chi connectivity index (χ0v) is 19.3. The van der Waals surface area contributed by atoms with Crippen molar-refractivity contribution in [1.82, 2.24) is 4.83 Å². The highest BCUT2D eigenvalue weighted by atomic mass is 31.2. The third kappa shape index (κ3) is 8.43. The van der Waals surface area contributed by atoms with Crippen LogP contribution in [0, 0.1) is 11.8 Å². The lowest BCUT2D eigenvalue weighted by Crippen LogP contribution is -2.34. The number of aryl methyl sites for hydroxylation is 1. The topological polar surface area (TPSA) is 110 Å². The van der Waals surface area contributed by atoms with Gasteiger partial charge in [0.25, 0.3) is 7.52 Å². The lowest BCUT2D eigenvalue weighted by Gasteiger charge is -2.31. The van der Waals surface area contributed by atoms with Gasteiger partial charge >= 0.3 is 0 Å². The number of allylic oxidation sites excluding steroid dienone is 2. The summed E-state index contributed by atoms with van der Waals surface area (Å²) in [6.07, 6.45) is 7.74. The number of hydroxylamine groups is 1. The van der Waals surface area contributed by atoms with Crippen molar-refractivity contribution in [2.75, 3.05) is 26.4 Å². The molecule has 2 unspecified atom stereocenters. The van der Waals surface area contributed by atoms with E-state index in [0.717, 1.165) is 36.1 Å². The first-order valence-corrected chi connectivity index (χ1v) is 13.0. The highest BCUT2D eigenvalue weighted by molar-refractivity contribution is 7.55. The molecule has 1 aromatic rings. The van der Waals surface area contributed by atoms with Crippen LogP contribution in [0.5, 0.6) is 0 Å². The zero-order chi connectivity index (χ0) is 22.7. The lowest BCUT2D eigenvalue weighted by molar-refractivity contribution is -0.0837. The van der Waals surface area contributed by atoms with Gasteiger partial charge in [-0.15, -0.1) is 4.83 Å². The van der Waals surface area contributed by atoms with E-state index >= 15 is 0 Å². The molecule has 0 heterocycles. The monoisotopic (exact) mass is 455 g/mol. The molecule has 1 aliphatic carbocycles. The summed E-state index contributed by atoms with van der Waals surface area (Å²) in [6, 6.07) is 9.53. The first-order chi connectivity index (χ1) is 14.9. The highest BCUT2D eigenvalue weighted by Gasteiger charge is 2.44. The van der Waals surface area contributed by atoms with Crippen molar-refractivity contribution < 1.29 is 29.6 Å². The molecule has 4 N–H and O–H groups in total. The summed E-state index contributed by atoms with van der Waals surface area (Å²) < 4.78 is 13.0. The summed E-state index contributed by atoms with van der Waals surface area (Å²) in [4.78, 5) is 17.0. The van der Waals surface area contributed by atoms with E-state index in [1.807, 2.05) is 36.4 Å². The maximum Gasteiger partial charge on any atom is 0.292 e. The van der Waals surface area contributed by atoms with Gasteiger partial charge in [-0.25, -0.2) is 0 Å². The van der Waals surface area contributed by atoms with Gasteiger partial charge in [-0.05, 0) is 50.0 Å². The number of aliphatic hydroxyl groups is 3. The van der Waals surface area contributed by atoms with Crippen molar-refractivity contribution in [3.8, 4) is 0 Å². The fourth-order valence-corrected chi connectivity index (χ4v) is 5.69. The van der Waals surface area contributed by atoms with Crippen molar-refractivity contribution in [3.05, 3.63) is 48.0 Å². The molecular formula is C23H38NO6P. The van der Waals surface area contributed by atoms with Gasteiger partial charge < -0.3 is 20.2 Å². The second-order valence-corrected chi connectivity index (χ2v) is 10.5. The maximum atomic E-state index is 13.0. The average molecular weight is 456 g/mol. The molecule has 1 saturated carbocycles.